The number of piperidine rings is 1. The summed E-state index contributed by atoms with van der Waals surface area (Å²) < 4.78 is 1.96. The highest BCUT2D eigenvalue weighted by atomic mass is 16.3. The van der Waals surface area contributed by atoms with Crippen LogP contribution in [0.5, 0.6) is 0 Å². The van der Waals surface area contributed by atoms with Crippen molar-refractivity contribution in [1.82, 2.24) is 19.9 Å². The second kappa shape index (κ2) is 9.26. The fourth-order valence-corrected chi connectivity index (χ4v) is 3.24. The lowest BCUT2D eigenvalue weighted by atomic mass is 9.96. The van der Waals surface area contributed by atoms with Gasteiger partial charge in [-0.05, 0) is 51.7 Å². The zero-order valence-electron chi connectivity index (χ0n) is 14.2. The molecular formula is C17H32N4O. The summed E-state index contributed by atoms with van der Waals surface area (Å²) in [7, 11) is 0. The van der Waals surface area contributed by atoms with Crippen molar-refractivity contribution in [3.05, 3.63) is 11.9 Å². The zero-order chi connectivity index (χ0) is 15.8. The van der Waals surface area contributed by atoms with Crippen LogP contribution >= 0.6 is 0 Å². The number of unbranched alkanes of at least 4 members (excludes halogenated alkanes) is 3. The van der Waals surface area contributed by atoms with Crippen LogP contribution in [0.25, 0.3) is 0 Å². The molecule has 1 aromatic rings. The molecule has 5 heteroatoms. The summed E-state index contributed by atoms with van der Waals surface area (Å²) in [4.78, 5) is 2.62. The van der Waals surface area contributed by atoms with Gasteiger partial charge in [0.1, 0.15) is 0 Å². The molecule has 0 aromatic carbocycles. The first-order valence-electron chi connectivity index (χ1n) is 8.96. The summed E-state index contributed by atoms with van der Waals surface area (Å²) in [6, 6.07) is 0. The molecule has 5 nitrogen and oxygen atoms in total. The molecule has 2 heterocycles. The van der Waals surface area contributed by atoms with Crippen LogP contribution < -0.4 is 0 Å². The first-order valence-corrected chi connectivity index (χ1v) is 8.96. The molecule has 1 N–H and O–H groups in total. The molecule has 2 rings (SSSR count). The number of aromatic nitrogens is 3. The normalized spacial score (nSPS) is 18.7. The van der Waals surface area contributed by atoms with E-state index in [1.807, 2.05) is 10.9 Å². The molecule has 1 atom stereocenters. The lowest BCUT2D eigenvalue weighted by Gasteiger charge is -2.31. The van der Waals surface area contributed by atoms with Crippen LogP contribution in [0.1, 0.15) is 58.1 Å². The molecule has 0 radical (unpaired) electrons. The molecule has 1 saturated heterocycles. The van der Waals surface area contributed by atoms with Gasteiger partial charge in [-0.1, -0.05) is 31.4 Å². The number of nitrogens with zero attached hydrogens (tertiary/aromatic N) is 4. The SMILES string of the molecule is CCCCCCN1CCC(Cn2cc(CC(C)O)nn2)CC1. The number of hydrogen-bond donors (Lipinski definition) is 1. The topological polar surface area (TPSA) is 54.2 Å². The smallest absolute Gasteiger partial charge is 0.0852 e. The first-order chi connectivity index (χ1) is 10.7. The number of aliphatic hydroxyl groups is 1. The van der Waals surface area contributed by atoms with Gasteiger partial charge in [0.15, 0.2) is 0 Å². The number of rotatable bonds is 9. The summed E-state index contributed by atoms with van der Waals surface area (Å²) in [5, 5.41) is 17.7. The van der Waals surface area contributed by atoms with Gasteiger partial charge in [0.25, 0.3) is 0 Å². The molecule has 126 valence electrons. The van der Waals surface area contributed by atoms with E-state index in [9.17, 15) is 5.11 Å². The van der Waals surface area contributed by atoms with Crippen molar-refractivity contribution in [2.45, 2.75) is 71.4 Å². The molecule has 0 spiro atoms. The Balaban J connectivity index is 1.65. The maximum Gasteiger partial charge on any atom is 0.0852 e. The van der Waals surface area contributed by atoms with E-state index in [2.05, 4.69) is 22.1 Å². The monoisotopic (exact) mass is 308 g/mol. The third-order valence-electron chi connectivity index (χ3n) is 4.57. The molecule has 1 aliphatic heterocycles. The average Bonchev–Trinajstić information content (AvgIpc) is 2.91. The number of hydrogen-bond acceptors (Lipinski definition) is 4. The quantitative estimate of drug-likeness (QED) is 0.712. The van der Waals surface area contributed by atoms with Gasteiger partial charge in [0, 0.05) is 19.2 Å². The molecule has 1 unspecified atom stereocenters. The van der Waals surface area contributed by atoms with Crippen LogP contribution in [0.4, 0.5) is 0 Å². The second-order valence-electron chi connectivity index (χ2n) is 6.83. The molecule has 1 fully saturated rings. The predicted molar refractivity (Wildman–Crippen MR) is 88.7 cm³/mol. The van der Waals surface area contributed by atoms with Gasteiger partial charge in [-0.25, -0.2) is 0 Å². The van der Waals surface area contributed by atoms with Crippen molar-refractivity contribution >= 4 is 0 Å². The van der Waals surface area contributed by atoms with Crippen molar-refractivity contribution in [2.75, 3.05) is 19.6 Å². The molecular weight excluding hydrogens is 276 g/mol. The van der Waals surface area contributed by atoms with Crippen molar-refractivity contribution in [3.8, 4) is 0 Å². The van der Waals surface area contributed by atoms with Crippen molar-refractivity contribution < 1.29 is 5.11 Å². The molecule has 0 aliphatic carbocycles. The Labute approximate surface area is 134 Å². The van der Waals surface area contributed by atoms with E-state index in [4.69, 9.17) is 0 Å². The minimum Gasteiger partial charge on any atom is -0.393 e. The standard InChI is InChI=1S/C17H32N4O/c1-3-4-5-6-9-20-10-7-16(8-11-20)13-21-14-17(18-19-21)12-15(2)22/h14-16,22H,3-13H2,1-2H3. The van der Waals surface area contributed by atoms with E-state index in [0.29, 0.717) is 12.3 Å². The van der Waals surface area contributed by atoms with E-state index in [1.165, 1.54) is 58.2 Å². The maximum atomic E-state index is 9.39. The van der Waals surface area contributed by atoms with Gasteiger partial charge in [0.2, 0.25) is 0 Å². The highest BCUT2D eigenvalue weighted by Crippen LogP contribution is 2.19. The van der Waals surface area contributed by atoms with Gasteiger partial charge in [0.05, 0.1) is 11.8 Å². The first kappa shape index (κ1) is 17.4. The van der Waals surface area contributed by atoms with Crippen molar-refractivity contribution in [1.29, 1.82) is 0 Å². The number of likely N-dealkylation sites (tertiary alicyclic amines) is 1. The summed E-state index contributed by atoms with van der Waals surface area (Å²) in [5.41, 5.74) is 0.892. The van der Waals surface area contributed by atoms with E-state index in [0.717, 1.165) is 12.2 Å². The van der Waals surface area contributed by atoms with Crippen LogP contribution in [0.15, 0.2) is 6.20 Å². The maximum absolute atomic E-state index is 9.39. The van der Waals surface area contributed by atoms with Gasteiger partial charge in [-0.3, -0.25) is 4.68 Å². The van der Waals surface area contributed by atoms with E-state index >= 15 is 0 Å². The minimum atomic E-state index is -0.346. The Hall–Kier alpha value is -0.940. The highest BCUT2D eigenvalue weighted by Gasteiger charge is 2.19. The minimum absolute atomic E-state index is 0.346. The molecule has 1 aromatic heterocycles. The van der Waals surface area contributed by atoms with Gasteiger partial charge in [-0.2, -0.15) is 0 Å². The fourth-order valence-electron chi connectivity index (χ4n) is 3.24. The summed E-state index contributed by atoms with van der Waals surface area (Å²) in [6.45, 7) is 8.75. The lowest BCUT2D eigenvalue weighted by Crippen LogP contribution is -2.35. The van der Waals surface area contributed by atoms with Crippen molar-refractivity contribution in [2.24, 2.45) is 5.92 Å². The van der Waals surface area contributed by atoms with Crippen LogP contribution in [-0.2, 0) is 13.0 Å². The van der Waals surface area contributed by atoms with Crippen LogP contribution in [-0.4, -0.2) is 50.7 Å². The summed E-state index contributed by atoms with van der Waals surface area (Å²) in [6.07, 6.45) is 10.2. The largest absolute Gasteiger partial charge is 0.393 e. The van der Waals surface area contributed by atoms with Gasteiger partial charge >= 0.3 is 0 Å². The Morgan fingerprint density at radius 3 is 2.73 bits per heavy atom. The fraction of sp³-hybridized carbons (Fsp3) is 0.882. The zero-order valence-corrected chi connectivity index (χ0v) is 14.2. The van der Waals surface area contributed by atoms with Gasteiger partial charge in [-0.15, -0.1) is 5.10 Å². The Kier molecular flexibility index (Phi) is 7.33. The van der Waals surface area contributed by atoms with Crippen molar-refractivity contribution in [3.63, 3.8) is 0 Å². The average molecular weight is 308 g/mol. The van der Waals surface area contributed by atoms with Gasteiger partial charge < -0.3 is 10.0 Å². The Morgan fingerprint density at radius 2 is 2.05 bits per heavy atom. The van der Waals surface area contributed by atoms with Crippen LogP contribution in [0, 0.1) is 5.92 Å². The molecule has 1 aliphatic rings. The predicted octanol–water partition coefficient (Wildman–Crippen LogP) is 2.49. The Morgan fingerprint density at radius 1 is 1.27 bits per heavy atom. The summed E-state index contributed by atoms with van der Waals surface area (Å²) >= 11 is 0. The molecule has 22 heavy (non-hydrogen) atoms. The number of aliphatic hydroxyl groups excluding tert-OH is 1. The van der Waals surface area contributed by atoms with E-state index in [-0.39, 0.29) is 6.10 Å². The molecule has 0 amide bonds. The Bertz CT molecular complexity index is 411. The van der Waals surface area contributed by atoms with E-state index in [1.54, 1.807) is 6.92 Å². The van der Waals surface area contributed by atoms with Crippen LogP contribution in [0.2, 0.25) is 0 Å². The summed E-state index contributed by atoms with van der Waals surface area (Å²) in [5.74, 6) is 0.716. The van der Waals surface area contributed by atoms with E-state index < -0.39 is 0 Å². The third kappa shape index (κ3) is 6.05. The lowest BCUT2D eigenvalue weighted by molar-refractivity contribution is 0.168. The highest BCUT2D eigenvalue weighted by molar-refractivity contribution is 4.94. The molecule has 0 saturated carbocycles. The van der Waals surface area contributed by atoms with Crippen LogP contribution in [0.3, 0.4) is 0 Å². The molecule has 0 bridgehead atoms. The second-order valence-corrected chi connectivity index (χ2v) is 6.83. The third-order valence-corrected chi connectivity index (χ3v) is 4.57.